The fourth-order valence-corrected chi connectivity index (χ4v) is 5.47. The predicted molar refractivity (Wildman–Crippen MR) is 115 cm³/mol. The van der Waals surface area contributed by atoms with Crippen molar-refractivity contribution in [3.8, 4) is 0 Å². The molecule has 3 rings (SSSR count). The van der Waals surface area contributed by atoms with Crippen LogP contribution in [-0.2, 0) is 14.8 Å². The Labute approximate surface area is 186 Å². The first-order valence-electron chi connectivity index (χ1n) is 10.2. The SMILES string of the molecule is Cc1noc(C)c1S(=O)(=O)N1CCN(C(=O)CN(C)C(C)c2cccc([N+](=O)[O-])c2)CC1. The molecule has 1 unspecified atom stereocenters. The molecule has 1 aromatic heterocycles. The van der Waals surface area contributed by atoms with E-state index in [1.165, 1.54) is 16.4 Å². The lowest BCUT2D eigenvalue weighted by Crippen LogP contribution is -2.52. The maximum atomic E-state index is 12.9. The van der Waals surface area contributed by atoms with E-state index in [1.807, 2.05) is 11.8 Å². The van der Waals surface area contributed by atoms with Gasteiger partial charge in [0.2, 0.25) is 15.9 Å². The van der Waals surface area contributed by atoms with Gasteiger partial charge in [0.25, 0.3) is 5.69 Å². The van der Waals surface area contributed by atoms with Gasteiger partial charge in [-0.2, -0.15) is 4.31 Å². The summed E-state index contributed by atoms with van der Waals surface area (Å²) in [5, 5.41) is 14.7. The number of non-ortho nitro benzene ring substituents is 1. The predicted octanol–water partition coefficient (Wildman–Crippen LogP) is 1.73. The number of nitrogens with zero attached hydrogens (tertiary/aromatic N) is 5. The van der Waals surface area contributed by atoms with E-state index in [1.54, 1.807) is 37.9 Å². The molecule has 1 fully saturated rings. The molecule has 0 N–H and O–H groups in total. The Morgan fingerprint density at radius 3 is 2.50 bits per heavy atom. The van der Waals surface area contributed by atoms with Gasteiger partial charge in [0, 0.05) is 44.4 Å². The number of rotatable bonds is 7. The summed E-state index contributed by atoms with van der Waals surface area (Å²) in [5.41, 5.74) is 1.06. The largest absolute Gasteiger partial charge is 0.360 e. The third-order valence-corrected chi connectivity index (χ3v) is 7.91. The molecule has 0 radical (unpaired) electrons. The molecule has 1 atom stereocenters. The van der Waals surface area contributed by atoms with Crippen molar-refractivity contribution in [1.29, 1.82) is 0 Å². The minimum Gasteiger partial charge on any atom is -0.360 e. The number of benzene rings is 1. The molecule has 11 nitrogen and oxygen atoms in total. The molecule has 1 aliphatic heterocycles. The number of aryl methyl sites for hydroxylation is 2. The summed E-state index contributed by atoms with van der Waals surface area (Å²) in [6, 6.07) is 6.14. The van der Waals surface area contributed by atoms with Crippen LogP contribution in [0, 0.1) is 24.0 Å². The highest BCUT2D eigenvalue weighted by molar-refractivity contribution is 7.89. The Morgan fingerprint density at radius 1 is 1.28 bits per heavy atom. The molecule has 174 valence electrons. The summed E-state index contributed by atoms with van der Waals surface area (Å²) < 4.78 is 32.2. The molecule has 32 heavy (non-hydrogen) atoms. The highest BCUT2D eigenvalue weighted by Crippen LogP contribution is 2.25. The van der Waals surface area contributed by atoms with Crippen molar-refractivity contribution in [2.45, 2.75) is 31.7 Å². The van der Waals surface area contributed by atoms with Crippen LogP contribution in [0.3, 0.4) is 0 Å². The van der Waals surface area contributed by atoms with Gasteiger partial charge in [-0.1, -0.05) is 17.3 Å². The van der Waals surface area contributed by atoms with E-state index in [9.17, 15) is 23.3 Å². The average Bonchev–Trinajstić information content (AvgIpc) is 3.11. The summed E-state index contributed by atoms with van der Waals surface area (Å²) in [6.45, 7) is 6.05. The number of likely N-dealkylation sites (N-methyl/N-ethyl adjacent to an activating group) is 1. The molecule has 0 bridgehead atoms. The summed E-state index contributed by atoms with van der Waals surface area (Å²) in [6.07, 6.45) is 0. The summed E-state index contributed by atoms with van der Waals surface area (Å²) in [7, 11) is -1.96. The van der Waals surface area contributed by atoms with Crippen molar-refractivity contribution in [2.75, 3.05) is 39.8 Å². The van der Waals surface area contributed by atoms with Crippen LogP contribution < -0.4 is 0 Å². The van der Waals surface area contributed by atoms with Crippen LogP contribution in [0.4, 0.5) is 5.69 Å². The monoisotopic (exact) mass is 465 g/mol. The summed E-state index contributed by atoms with van der Waals surface area (Å²) in [4.78, 5) is 26.9. The third-order valence-electron chi connectivity index (χ3n) is 5.77. The van der Waals surface area contributed by atoms with Gasteiger partial charge in [0.05, 0.1) is 11.5 Å². The van der Waals surface area contributed by atoms with Gasteiger partial charge in [-0.3, -0.25) is 19.8 Å². The van der Waals surface area contributed by atoms with Crippen LogP contribution >= 0.6 is 0 Å². The molecular formula is C20H27N5O6S. The fourth-order valence-electron chi connectivity index (χ4n) is 3.75. The molecule has 1 aliphatic rings. The highest BCUT2D eigenvalue weighted by Gasteiger charge is 2.34. The lowest BCUT2D eigenvalue weighted by Gasteiger charge is -2.35. The maximum absolute atomic E-state index is 12.9. The van der Waals surface area contributed by atoms with E-state index >= 15 is 0 Å². The van der Waals surface area contributed by atoms with Crippen molar-refractivity contribution >= 4 is 21.6 Å². The van der Waals surface area contributed by atoms with Crippen LogP contribution in [0.15, 0.2) is 33.7 Å². The zero-order chi connectivity index (χ0) is 23.6. The van der Waals surface area contributed by atoms with Crippen molar-refractivity contribution in [3.05, 3.63) is 51.4 Å². The number of sulfonamides is 1. The van der Waals surface area contributed by atoms with E-state index in [0.29, 0.717) is 5.69 Å². The number of hydrogen-bond acceptors (Lipinski definition) is 8. The molecule has 12 heteroatoms. The van der Waals surface area contributed by atoms with Crippen LogP contribution in [-0.4, -0.2) is 78.3 Å². The van der Waals surface area contributed by atoms with Crippen LogP contribution in [0.1, 0.15) is 30.0 Å². The van der Waals surface area contributed by atoms with Crippen LogP contribution in [0.5, 0.6) is 0 Å². The number of carbonyl (C=O) groups excluding carboxylic acids is 1. The van der Waals surface area contributed by atoms with Gasteiger partial charge in [0.1, 0.15) is 10.6 Å². The second-order valence-electron chi connectivity index (χ2n) is 7.88. The molecule has 2 heterocycles. The normalized spacial score (nSPS) is 16.3. The Kier molecular flexibility index (Phi) is 6.96. The van der Waals surface area contributed by atoms with Gasteiger partial charge in [-0.25, -0.2) is 8.42 Å². The number of nitro benzene ring substituents is 1. The van der Waals surface area contributed by atoms with Gasteiger partial charge in [-0.15, -0.1) is 0 Å². The molecule has 1 aromatic carbocycles. The van der Waals surface area contributed by atoms with Crippen molar-refractivity contribution in [3.63, 3.8) is 0 Å². The highest BCUT2D eigenvalue weighted by atomic mass is 32.2. The average molecular weight is 466 g/mol. The third kappa shape index (κ3) is 4.81. The fraction of sp³-hybridized carbons (Fsp3) is 0.500. The molecule has 0 aliphatic carbocycles. The molecular weight excluding hydrogens is 438 g/mol. The number of piperazine rings is 1. The van der Waals surface area contributed by atoms with Crippen molar-refractivity contribution in [1.82, 2.24) is 19.3 Å². The van der Waals surface area contributed by atoms with E-state index in [4.69, 9.17) is 4.52 Å². The molecule has 2 aromatic rings. The Hall–Kier alpha value is -2.83. The first-order valence-corrected chi connectivity index (χ1v) is 11.6. The Bertz CT molecular complexity index is 1090. The number of hydrogen-bond donors (Lipinski definition) is 0. The topological polar surface area (TPSA) is 130 Å². The number of amides is 1. The Balaban J connectivity index is 1.60. The summed E-state index contributed by atoms with van der Waals surface area (Å²) in [5.74, 6) is 0.122. The van der Waals surface area contributed by atoms with Gasteiger partial charge < -0.3 is 9.42 Å². The second kappa shape index (κ2) is 9.35. The minimum absolute atomic E-state index is 0.00436. The first kappa shape index (κ1) is 23.8. The maximum Gasteiger partial charge on any atom is 0.269 e. The number of nitro groups is 1. The van der Waals surface area contributed by atoms with E-state index < -0.39 is 14.9 Å². The Morgan fingerprint density at radius 2 is 1.94 bits per heavy atom. The lowest BCUT2D eigenvalue weighted by molar-refractivity contribution is -0.384. The molecule has 0 spiro atoms. The van der Waals surface area contributed by atoms with E-state index in [2.05, 4.69) is 5.16 Å². The van der Waals surface area contributed by atoms with Gasteiger partial charge in [-0.05, 0) is 33.4 Å². The number of aromatic nitrogens is 1. The zero-order valence-corrected chi connectivity index (χ0v) is 19.3. The van der Waals surface area contributed by atoms with E-state index in [-0.39, 0.29) is 61.0 Å². The summed E-state index contributed by atoms with van der Waals surface area (Å²) >= 11 is 0. The van der Waals surface area contributed by atoms with Crippen LogP contribution in [0.2, 0.25) is 0 Å². The smallest absolute Gasteiger partial charge is 0.269 e. The van der Waals surface area contributed by atoms with Gasteiger partial charge >= 0.3 is 0 Å². The molecule has 0 saturated carbocycles. The standard InChI is InChI=1S/C20H27N5O6S/c1-14-20(16(3)31-21-14)32(29,30)24-10-8-23(9-11-24)19(26)13-22(4)15(2)17-6-5-7-18(12-17)25(27)28/h5-7,12,15H,8-11,13H2,1-4H3. The number of carbonyl (C=O) groups is 1. The minimum atomic E-state index is -3.74. The lowest BCUT2D eigenvalue weighted by atomic mass is 10.1. The first-order chi connectivity index (χ1) is 15.0. The van der Waals surface area contributed by atoms with Crippen molar-refractivity contribution in [2.24, 2.45) is 0 Å². The molecule has 1 saturated heterocycles. The zero-order valence-electron chi connectivity index (χ0n) is 18.5. The second-order valence-corrected chi connectivity index (χ2v) is 9.76. The quantitative estimate of drug-likeness (QED) is 0.446. The molecule has 1 amide bonds. The van der Waals surface area contributed by atoms with Gasteiger partial charge in [0.15, 0.2) is 5.76 Å². The van der Waals surface area contributed by atoms with Crippen molar-refractivity contribution < 1.29 is 22.7 Å². The van der Waals surface area contributed by atoms with E-state index in [0.717, 1.165) is 5.56 Å². The van der Waals surface area contributed by atoms with Crippen LogP contribution in [0.25, 0.3) is 0 Å².